The van der Waals surface area contributed by atoms with Crippen LogP contribution >= 0.6 is 22.9 Å². The first-order valence-electron chi connectivity index (χ1n) is 24.2. The van der Waals surface area contributed by atoms with E-state index in [2.05, 4.69) is 55.7 Å². The van der Waals surface area contributed by atoms with Crippen LogP contribution in [0.25, 0.3) is 11.3 Å². The summed E-state index contributed by atoms with van der Waals surface area (Å²) in [6.45, 7) is 17.1. The first-order valence-corrected chi connectivity index (χ1v) is 25.4. The molecule has 7 rings (SSSR count). The van der Waals surface area contributed by atoms with Gasteiger partial charge >= 0.3 is 6.36 Å². The molecule has 0 bridgehead atoms. The maximum absolute atomic E-state index is 13.4. The Balaban J connectivity index is 0.787. The van der Waals surface area contributed by atoms with Crippen LogP contribution in [0.4, 0.5) is 47.1 Å². The van der Waals surface area contributed by atoms with Gasteiger partial charge in [0.15, 0.2) is 5.13 Å². The fraction of sp³-hybridized carbons (Fsp3) is 0.365. The Hall–Kier alpha value is -7.15. The molecule has 76 heavy (non-hydrogen) atoms. The molecule has 2 amide bonds. The minimum absolute atomic E-state index is 0.203. The summed E-state index contributed by atoms with van der Waals surface area (Å²) in [5.74, 6) is 7.82. The van der Waals surface area contributed by atoms with Gasteiger partial charge in [0.1, 0.15) is 40.2 Å². The molecule has 0 saturated carbocycles. The van der Waals surface area contributed by atoms with Crippen molar-refractivity contribution in [3.63, 3.8) is 0 Å². The summed E-state index contributed by atoms with van der Waals surface area (Å²) < 4.78 is 53.9. The lowest BCUT2D eigenvalue weighted by molar-refractivity contribution is -0.274. The molecule has 0 spiro atoms. The SMILES string of the molecule is Cc1nc(Nc2ncc(C(=O)Nc3c(C)cccc3Cl)s2)cc(N2CCN(CCOC/C(N)=C/N(N)CC(C)(C)OCC(C)(C)CNC(=O)c3cccc(-c4cc(Nc5ccc(OC(F)(F)F)cc5)ncn4)c3)CC2)n1. The molecule has 1 saturated heterocycles. The highest BCUT2D eigenvalue weighted by molar-refractivity contribution is 7.17. The fourth-order valence-electron chi connectivity index (χ4n) is 7.81. The number of rotatable bonds is 23. The third kappa shape index (κ3) is 17.2. The highest BCUT2D eigenvalue weighted by Crippen LogP contribution is 2.30. The van der Waals surface area contributed by atoms with Crippen molar-refractivity contribution < 1.29 is 37.0 Å². The summed E-state index contributed by atoms with van der Waals surface area (Å²) in [6, 6.07) is 21.2. The van der Waals surface area contributed by atoms with Gasteiger partial charge in [-0.2, -0.15) is 0 Å². The van der Waals surface area contributed by atoms with Crippen LogP contribution in [0, 0.1) is 19.3 Å². The summed E-state index contributed by atoms with van der Waals surface area (Å²) >= 11 is 7.52. The van der Waals surface area contributed by atoms with Crippen LogP contribution in [0.5, 0.6) is 5.75 Å². The van der Waals surface area contributed by atoms with E-state index in [1.165, 1.54) is 53.1 Å². The van der Waals surface area contributed by atoms with Gasteiger partial charge in [0.05, 0.1) is 60.3 Å². The average Bonchev–Trinajstić information content (AvgIpc) is 3.84. The van der Waals surface area contributed by atoms with E-state index in [9.17, 15) is 22.8 Å². The smallest absolute Gasteiger partial charge is 0.406 e. The third-order valence-electron chi connectivity index (χ3n) is 11.7. The topological polar surface area (TPSA) is 236 Å². The second-order valence-electron chi connectivity index (χ2n) is 19.4. The Morgan fingerprint density at radius 2 is 1.64 bits per heavy atom. The number of halogens is 4. The fourth-order valence-corrected chi connectivity index (χ4v) is 8.80. The molecule has 24 heteroatoms. The number of benzene rings is 3. The third-order valence-corrected chi connectivity index (χ3v) is 12.9. The van der Waals surface area contributed by atoms with Crippen LogP contribution in [0.1, 0.15) is 59.1 Å². The van der Waals surface area contributed by atoms with E-state index >= 15 is 0 Å². The zero-order valence-electron chi connectivity index (χ0n) is 43.0. The highest BCUT2D eigenvalue weighted by atomic mass is 35.5. The molecule has 19 nitrogen and oxygen atoms in total. The number of carbonyl (C=O) groups is 2. The van der Waals surface area contributed by atoms with Gasteiger partial charge < -0.3 is 51.1 Å². The van der Waals surface area contributed by atoms with Crippen molar-refractivity contribution in [1.82, 2.24) is 40.1 Å². The predicted molar refractivity (Wildman–Crippen MR) is 289 cm³/mol. The van der Waals surface area contributed by atoms with E-state index in [0.717, 1.165) is 44.1 Å². The molecule has 1 aliphatic heterocycles. The van der Waals surface area contributed by atoms with Crippen molar-refractivity contribution in [3.05, 3.63) is 130 Å². The average molecular weight is 1090 g/mol. The lowest BCUT2D eigenvalue weighted by atomic mass is 9.94. The molecule has 3 aromatic carbocycles. The lowest BCUT2D eigenvalue weighted by Gasteiger charge is -2.35. The maximum Gasteiger partial charge on any atom is 0.573 e. The summed E-state index contributed by atoms with van der Waals surface area (Å²) in [5, 5.41) is 14.6. The number of ether oxygens (including phenoxy) is 3. The molecule has 0 radical (unpaired) electrons. The zero-order valence-corrected chi connectivity index (χ0v) is 44.6. The van der Waals surface area contributed by atoms with Crippen LogP contribution in [-0.4, -0.2) is 124 Å². The number of aromatic nitrogens is 5. The van der Waals surface area contributed by atoms with Gasteiger partial charge in [0.25, 0.3) is 11.8 Å². The van der Waals surface area contributed by atoms with Crippen molar-refractivity contribution in [3.8, 4) is 17.0 Å². The molecule has 3 aromatic heterocycles. The van der Waals surface area contributed by atoms with Crippen LogP contribution in [0.15, 0.2) is 103 Å². The van der Waals surface area contributed by atoms with Gasteiger partial charge in [0.2, 0.25) is 0 Å². The summed E-state index contributed by atoms with van der Waals surface area (Å²) in [4.78, 5) is 53.5. The van der Waals surface area contributed by atoms with E-state index in [1.807, 2.05) is 65.8 Å². The number of para-hydroxylation sites is 1. The molecule has 1 fully saturated rings. The van der Waals surface area contributed by atoms with Crippen LogP contribution in [0.2, 0.25) is 5.02 Å². The van der Waals surface area contributed by atoms with Crippen molar-refractivity contribution in [2.75, 3.05) is 86.5 Å². The van der Waals surface area contributed by atoms with Gasteiger partial charge in [-0.3, -0.25) is 14.5 Å². The normalized spacial score (nSPS) is 13.6. The molecule has 0 atom stereocenters. The van der Waals surface area contributed by atoms with Crippen LogP contribution < -0.4 is 42.5 Å². The number of piperazine rings is 1. The molecule has 404 valence electrons. The van der Waals surface area contributed by atoms with E-state index in [-0.39, 0.29) is 24.2 Å². The Bertz CT molecular complexity index is 2950. The van der Waals surface area contributed by atoms with E-state index in [0.29, 0.717) is 92.7 Å². The zero-order chi connectivity index (χ0) is 54.6. The number of thiazole rings is 1. The number of amides is 2. The Morgan fingerprint density at radius 3 is 2.38 bits per heavy atom. The molecule has 4 heterocycles. The van der Waals surface area contributed by atoms with Gasteiger partial charge in [0, 0.05) is 79.8 Å². The number of nitrogens with one attached hydrogen (secondary N) is 4. The number of carbonyl (C=O) groups excluding carboxylic acids is 2. The number of nitrogens with two attached hydrogens (primary N) is 2. The van der Waals surface area contributed by atoms with E-state index < -0.39 is 17.4 Å². The van der Waals surface area contributed by atoms with E-state index in [4.69, 9.17) is 37.6 Å². The van der Waals surface area contributed by atoms with Gasteiger partial charge in [-0.15, -0.1) is 13.2 Å². The molecular weight excluding hydrogens is 1030 g/mol. The first kappa shape index (κ1) is 56.6. The van der Waals surface area contributed by atoms with Crippen LogP contribution in [-0.2, 0) is 9.47 Å². The maximum atomic E-state index is 13.4. The molecular formula is C52H62ClF3N14O5S. The minimum Gasteiger partial charge on any atom is -0.406 e. The number of alkyl halides is 3. The Kier molecular flexibility index (Phi) is 18.7. The van der Waals surface area contributed by atoms with Gasteiger partial charge in [-0.25, -0.2) is 30.8 Å². The van der Waals surface area contributed by atoms with Crippen molar-refractivity contribution in [2.24, 2.45) is 17.0 Å². The predicted octanol–water partition coefficient (Wildman–Crippen LogP) is 8.66. The summed E-state index contributed by atoms with van der Waals surface area (Å²) in [7, 11) is 0. The molecule has 0 aliphatic carbocycles. The van der Waals surface area contributed by atoms with Crippen LogP contribution in [0.3, 0.4) is 0 Å². The Labute approximate surface area is 448 Å². The number of hydrazine groups is 1. The van der Waals surface area contributed by atoms with E-state index in [1.54, 1.807) is 36.5 Å². The standard InChI is InChI=1S/C52H62ClF3N14O5S/c1-33-9-7-12-40(53)46(33)67-48(72)42-26-59-49(76-42)66-44-25-45(64-34(2)63-44)69-19-17-68(18-20-69)21-22-73-28-37(57)27-70(58)30-51(5,6)74-31-50(3,4)29-60-47(71)36-11-8-10-35(23-36)41-24-43(62-32-61-41)65-38-13-15-39(16-14-38)75-52(54,55)56/h7-16,23-27,32H,17-22,28-31,57-58H2,1-6H3,(H,60,71)(H,67,72)(H,61,62,65)(H,59,63,64,66)/b37-27-. The number of hydrogen-bond acceptors (Lipinski definition) is 18. The highest BCUT2D eigenvalue weighted by Gasteiger charge is 2.31. The Morgan fingerprint density at radius 1 is 0.895 bits per heavy atom. The largest absolute Gasteiger partial charge is 0.573 e. The monoisotopic (exact) mass is 1090 g/mol. The quantitative estimate of drug-likeness (QED) is 0.0200. The number of anilines is 6. The lowest BCUT2D eigenvalue weighted by Crippen LogP contribution is -2.47. The van der Waals surface area contributed by atoms with Gasteiger partial charge in [-0.1, -0.05) is 61.1 Å². The molecule has 6 aromatic rings. The second-order valence-corrected chi connectivity index (χ2v) is 20.9. The number of aryl methyl sites for hydroxylation is 2. The van der Waals surface area contributed by atoms with Crippen molar-refractivity contribution >= 4 is 68.7 Å². The molecule has 8 N–H and O–H groups in total. The van der Waals surface area contributed by atoms with Crippen molar-refractivity contribution in [2.45, 2.75) is 53.5 Å². The second kappa shape index (κ2) is 25.1. The van der Waals surface area contributed by atoms with Gasteiger partial charge in [-0.05, 0) is 75.7 Å². The summed E-state index contributed by atoms with van der Waals surface area (Å²) in [5.41, 5.74) is 9.18. The number of hydrogen-bond donors (Lipinski definition) is 6. The molecule has 1 aliphatic rings. The minimum atomic E-state index is -4.79. The first-order chi connectivity index (χ1) is 36.0. The van der Waals surface area contributed by atoms with Crippen molar-refractivity contribution in [1.29, 1.82) is 0 Å². The number of nitrogens with zero attached hydrogens (tertiary/aromatic N) is 8. The summed E-state index contributed by atoms with van der Waals surface area (Å²) in [6.07, 6.45) is -0.278. The molecule has 0 unspecified atom stereocenters.